The van der Waals surface area contributed by atoms with Crippen molar-refractivity contribution in [2.75, 3.05) is 19.7 Å². The average molecular weight is 198 g/mol. The summed E-state index contributed by atoms with van der Waals surface area (Å²) in [6.07, 6.45) is 1.48. The van der Waals surface area contributed by atoms with Gasteiger partial charge in [-0.2, -0.15) is 0 Å². The minimum atomic E-state index is -0.614. The molecule has 0 atom stereocenters. The van der Waals surface area contributed by atoms with Crippen LogP contribution < -0.4 is 5.73 Å². The summed E-state index contributed by atoms with van der Waals surface area (Å²) < 4.78 is 4.76. The number of nitrogens with two attached hydrogens (primary N) is 1. The molecule has 1 heterocycles. The molecular weight excluding hydrogens is 184 g/mol. The summed E-state index contributed by atoms with van der Waals surface area (Å²) in [4.78, 5) is 23.6. The Labute approximate surface area is 82.5 Å². The molecule has 0 radical (unpaired) electrons. The predicted molar refractivity (Wildman–Crippen MR) is 50.1 cm³/mol. The molecule has 2 N–H and O–H groups in total. The number of carbonyl (C=O) groups is 2. The van der Waals surface area contributed by atoms with Gasteiger partial charge in [-0.3, -0.25) is 4.79 Å². The lowest BCUT2D eigenvalue weighted by Gasteiger charge is -2.14. The number of rotatable bonds is 4. The number of hydrogen-bond acceptors (Lipinski definition) is 4. The molecule has 5 heteroatoms. The molecule has 0 aromatic carbocycles. The molecule has 0 aliphatic carbocycles. The van der Waals surface area contributed by atoms with Gasteiger partial charge in [-0.25, -0.2) is 4.79 Å². The fraction of sp³-hybridized carbons (Fsp3) is 0.556. The van der Waals surface area contributed by atoms with Crippen LogP contribution in [0.2, 0.25) is 0 Å². The van der Waals surface area contributed by atoms with E-state index < -0.39 is 5.97 Å². The highest BCUT2D eigenvalue weighted by molar-refractivity contribution is 5.86. The molecule has 14 heavy (non-hydrogen) atoms. The van der Waals surface area contributed by atoms with Crippen molar-refractivity contribution in [3.8, 4) is 0 Å². The molecule has 0 unspecified atom stereocenters. The fourth-order valence-electron chi connectivity index (χ4n) is 1.28. The van der Waals surface area contributed by atoms with Gasteiger partial charge in [0.2, 0.25) is 5.91 Å². The maximum Gasteiger partial charge on any atom is 0.353 e. The van der Waals surface area contributed by atoms with E-state index in [1.807, 2.05) is 0 Å². The molecule has 0 saturated carbocycles. The first-order valence-electron chi connectivity index (χ1n) is 4.50. The van der Waals surface area contributed by atoms with Gasteiger partial charge in [0, 0.05) is 13.0 Å². The summed E-state index contributed by atoms with van der Waals surface area (Å²) in [5.41, 5.74) is 4.99. The van der Waals surface area contributed by atoms with Crippen LogP contribution in [0.3, 0.4) is 0 Å². The van der Waals surface area contributed by atoms with Crippen molar-refractivity contribution in [3.05, 3.63) is 12.3 Å². The number of amides is 1. The van der Waals surface area contributed by atoms with Crippen LogP contribution in [0.4, 0.5) is 0 Å². The van der Waals surface area contributed by atoms with Crippen molar-refractivity contribution in [3.63, 3.8) is 0 Å². The van der Waals surface area contributed by atoms with E-state index in [-0.39, 0.29) is 18.2 Å². The van der Waals surface area contributed by atoms with Crippen LogP contribution in [0.25, 0.3) is 0 Å². The van der Waals surface area contributed by atoms with E-state index >= 15 is 0 Å². The topological polar surface area (TPSA) is 72.6 Å². The second-order valence-corrected chi connectivity index (χ2v) is 3.15. The van der Waals surface area contributed by atoms with E-state index in [2.05, 4.69) is 6.58 Å². The molecule has 0 spiro atoms. The summed E-state index contributed by atoms with van der Waals surface area (Å²) in [5.74, 6) is -0.496. The Kier molecular flexibility index (Phi) is 3.50. The van der Waals surface area contributed by atoms with Gasteiger partial charge in [0.15, 0.2) is 0 Å². The molecular formula is C9H14N2O3. The Balaban J connectivity index is 2.18. The third-order valence-corrected chi connectivity index (χ3v) is 2.03. The Morgan fingerprint density at radius 3 is 2.86 bits per heavy atom. The smallest absolute Gasteiger partial charge is 0.353 e. The largest absolute Gasteiger partial charge is 0.459 e. The minimum Gasteiger partial charge on any atom is -0.459 e. The Morgan fingerprint density at radius 2 is 2.36 bits per heavy atom. The SMILES string of the molecule is C=C(N)C(=O)OCCN1CCCC1=O. The molecule has 78 valence electrons. The van der Waals surface area contributed by atoms with Crippen LogP contribution in [-0.2, 0) is 14.3 Å². The van der Waals surface area contributed by atoms with E-state index in [1.54, 1.807) is 4.90 Å². The first-order valence-corrected chi connectivity index (χ1v) is 4.50. The van der Waals surface area contributed by atoms with Crippen LogP contribution in [-0.4, -0.2) is 36.5 Å². The van der Waals surface area contributed by atoms with Crippen LogP contribution in [0, 0.1) is 0 Å². The number of esters is 1. The van der Waals surface area contributed by atoms with Crippen molar-refractivity contribution in [1.82, 2.24) is 4.90 Å². The van der Waals surface area contributed by atoms with Crippen molar-refractivity contribution < 1.29 is 14.3 Å². The third kappa shape index (κ3) is 2.76. The molecule has 5 nitrogen and oxygen atoms in total. The number of ether oxygens (including phenoxy) is 1. The lowest BCUT2D eigenvalue weighted by atomic mass is 10.4. The molecule has 0 aromatic rings. The quantitative estimate of drug-likeness (QED) is 0.494. The molecule has 1 rings (SSSR count). The van der Waals surface area contributed by atoms with Crippen molar-refractivity contribution in [1.29, 1.82) is 0 Å². The summed E-state index contributed by atoms with van der Waals surface area (Å²) in [6, 6.07) is 0. The zero-order chi connectivity index (χ0) is 10.6. The number of nitrogens with zero attached hydrogens (tertiary/aromatic N) is 1. The number of hydrogen-bond donors (Lipinski definition) is 1. The average Bonchev–Trinajstić information content (AvgIpc) is 2.51. The van der Waals surface area contributed by atoms with Crippen LogP contribution in [0.5, 0.6) is 0 Å². The monoisotopic (exact) mass is 198 g/mol. The van der Waals surface area contributed by atoms with E-state index in [0.29, 0.717) is 13.0 Å². The minimum absolute atomic E-state index is 0.113. The van der Waals surface area contributed by atoms with E-state index in [0.717, 1.165) is 13.0 Å². The van der Waals surface area contributed by atoms with Crippen LogP contribution in [0.1, 0.15) is 12.8 Å². The molecule has 1 aliphatic heterocycles. The van der Waals surface area contributed by atoms with E-state index in [4.69, 9.17) is 10.5 Å². The Bertz CT molecular complexity index is 263. The van der Waals surface area contributed by atoms with Crippen molar-refractivity contribution >= 4 is 11.9 Å². The predicted octanol–water partition coefficient (Wildman–Crippen LogP) is -0.376. The summed E-state index contributed by atoms with van der Waals surface area (Å²) >= 11 is 0. The van der Waals surface area contributed by atoms with E-state index in [9.17, 15) is 9.59 Å². The van der Waals surface area contributed by atoms with Gasteiger partial charge >= 0.3 is 5.97 Å². The Hall–Kier alpha value is -1.52. The lowest BCUT2D eigenvalue weighted by molar-refractivity contribution is -0.141. The standard InChI is InChI=1S/C9H14N2O3/c1-7(10)9(13)14-6-5-11-4-2-3-8(11)12/h1-6,10H2. The van der Waals surface area contributed by atoms with E-state index in [1.165, 1.54) is 0 Å². The fourth-order valence-corrected chi connectivity index (χ4v) is 1.28. The van der Waals surface area contributed by atoms with Crippen molar-refractivity contribution in [2.24, 2.45) is 5.73 Å². The van der Waals surface area contributed by atoms with Gasteiger partial charge in [-0.05, 0) is 6.42 Å². The highest BCUT2D eigenvalue weighted by Crippen LogP contribution is 2.08. The molecule has 0 bridgehead atoms. The zero-order valence-electron chi connectivity index (χ0n) is 7.99. The highest BCUT2D eigenvalue weighted by atomic mass is 16.5. The molecule has 1 amide bonds. The normalized spacial score (nSPS) is 15.7. The lowest BCUT2D eigenvalue weighted by Crippen LogP contribution is -2.29. The van der Waals surface area contributed by atoms with Crippen molar-refractivity contribution in [2.45, 2.75) is 12.8 Å². The van der Waals surface area contributed by atoms with Gasteiger partial charge in [0.25, 0.3) is 0 Å². The molecule has 1 saturated heterocycles. The maximum atomic E-state index is 11.1. The second kappa shape index (κ2) is 4.64. The summed E-state index contributed by atoms with van der Waals surface area (Å²) in [7, 11) is 0. The molecule has 0 aromatic heterocycles. The maximum absolute atomic E-state index is 11.1. The van der Waals surface area contributed by atoms with Gasteiger partial charge in [-0.1, -0.05) is 6.58 Å². The zero-order valence-corrected chi connectivity index (χ0v) is 7.99. The first kappa shape index (κ1) is 10.6. The number of carbonyl (C=O) groups excluding carboxylic acids is 2. The third-order valence-electron chi connectivity index (χ3n) is 2.03. The van der Waals surface area contributed by atoms with Crippen LogP contribution >= 0.6 is 0 Å². The van der Waals surface area contributed by atoms with Gasteiger partial charge in [0.1, 0.15) is 12.3 Å². The van der Waals surface area contributed by atoms with Gasteiger partial charge < -0.3 is 15.4 Å². The van der Waals surface area contributed by atoms with Crippen LogP contribution in [0.15, 0.2) is 12.3 Å². The summed E-state index contributed by atoms with van der Waals surface area (Å²) in [6.45, 7) is 4.62. The summed E-state index contributed by atoms with van der Waals surface area (Å²) in [5, 5.41) is 0. The Morgan fingerprint density at radius 1 is 1.64 bits per heavy atom. The second-order valence-electron chi connectivity index (χ2n) is 3.15. The molecule has 1 aliphatic rings. The first-order chi connectivity index (χ1) is 6.61. The number of likely N-dealkylation sites (tertiary alicyclic amines) is 1. The highest BCUT2D eigenvalue weighted by Gasteiger charge is 2.19. The molecule has 1 fully saturated rings. The van der Waals surface area contributed by atoms with Gasteiger partial charge in [0.05, 0.1) is 6.54 Å². The van der Waals surface area contributed by atoms with Gasteiger partial charge in [-0.15, -0.1) is 0 Å².